The fourth-order valence-electron chi connectivity index (χ4n) is 3.12. The number of hydrogen-bond donors (Lipinski definition) is 2. The monoisotopic (exact) mass is 294 g/mol. The van der Waals surface area contributed by atoms with Crippen molar-refractivity contribution in [1.82, 2.24) is 10.0 Å². The molecule has 1 fully saturated rings. The maximum absolute atomic E-state index is 12.4. The van der Waals surface area contributed by atoms with Crippen LogP contribution in [0.25, 0.3) is 0 Å². The Bertz CT molecular complexity index is 578. The number of hydrogen-bond acceptors (Lipinski definition) is 3. The van der Waals surface area contributed by atoms with Crippen molar-refractivity contribution in [3.05, 3.63) is 29.3 Å². The number of piperidine rings is 1. The maximum atomic E-state index is 12.4. The van der Waals surface area contributed by atoms with Crippen LogP contribution in [0.3, 0.4) is 0 Å². The first kappa shape index (κ1) is 14.0. The second-order valence-electron chi connectivity index (χ2n) is 5.80. The first-order valence-electron chi connectivity index (χ1n) is 7.50. The summed E-state index contributed by atoms with van der Waals surface area (Å²) >= 11 is 0. The van der Waals surface area contributed by atoms with Gasteiger partial charge in [0.1, 0.15) is 0 Å². The minimum absolute atomic E-state index is 0.0183. The van der Waals surface area contributed by atoms with Gasteiger partial charge in [-0.25, -0.2) is 13.1 Å². The summed E-state index contributed by atoms with van der Waals surface area (Å²) in [5.74, 6) is 0. The third-order valence-electron chi connectivity index (χ3n) is 4.25. The van der Waals surface area contributed by atoms with Gasteiger partial charge in [-0.2, -0.15) is 0 Å². The highest BCUT2D eigenvalue weighted by Gasteiger charge is 2.22. The predicted octanol–water partition coefficient (Wildman–Crippen LogP) is 1.60. The lowest BCUT2D eigenvalue weighted by molar-refractivity contribution is 0.428. The first-order chi connectivity index (χ1) is 9.65. The maximum Gasteiger partial charge on any atom is 0.240 e. The Labute approximate surface area is 121 Å². The Morgan fingerprint density at radius 2 is 1.90 bits per heavy atom. The largest absolute Gasteiger partial charge is 0.315 e. The lowest BCUT2D eigenvalue weighted by Gasteiger charge is -2.24. The minimum Gasteiger partial charge on any atom is -0.315 e. The van der Waals surface area contributed by atoms with Crippen LogP contribution in [0.4, 0.5) is 0 Å². The van der Waals surface area contributed by atoms with E-state index in [2.05, 4.69) is 10.0 Å². The molecule has 0 bridgehead atoms. The van der Waals surface area contributed by atoms with Crippen molar-refractivity contribution < 1.29 is 8.42 Å². The Hall–Kier alpha value is -0.910. The van der Waals surface area contributed by atoms with Crippen molar-refractivity contribution >= 4 is 10.0 Å². The van der Waals surface area contributed by atoms with Crippen LogP contribution in [0.5, 0.6) is 0 Å². The Kier molecular flexibility index (Phi) is 4.10. The molecule has 2 N–H and O–H groups in total. The van der Waals surface area contributed by atoms with E-state index in [0.29, 0.717) is 4.90 Å². The highest BCUT2D eigenvalue weighted by atomic mass is 32.2. The van der Waals surface area contributed by atoms with Gasteiger partial charge in [0.25, 0.3) is 0 Å². The third kappa shape index (κ3) is 3.05. The zero-order chi connectivity index (χ0) is 14.0. The van der Waals surface area contributed by atoms with E-state index in [1.54, 1.807) is 6.07 Å². The second kappa shape index (κ2) is 5.84. The molecule has 1 aliphatic carbocycles. The van der Waals surface area contributed by atoms with Crippen molar-refractivity contribution in [2.45, 2.75) is 49.5 Å². The molecule has 4 nitrogen and oxygen atoms in total. The van der Waals surface area contributed by atoms with Crippen LogP contribution in [0.15, 0.2) is 23.1 Å². The van der Waals surface area contributed by atoms with Crippen molar-refractivity contribution in [2.24, 2.45) is 0 Å². The van der Waals surface area contributed by atoms with E-state index in [1.807, 2.05) is 12.1 Å². The molecule has 1 aromatic carbocycles. The SMILES string of the molecule is O=S(=O)(N[C@H]1CCCNC1)c1ccc2c(c1)CCCC2. The lowest BCUT2D eigenvalue weighted by Crippen LogP contribution is -2.45. The average Bonchev–Trinajstić information content (AvgIpc) is 2.47. The van der Waals surface area contributed by atoms with Gasteiger partial charge in [-0.05, 0) is 68.3 Å². The zero-order valence-corrected chi connectivity index (χ0v) is 12.5. The van der Waals surface area contributed by atoms with E-state index in [1.165, 1.54) is 17.5 Å². The van der Waals surface area contributed by atoms with Crippen LogP contribution >= 0.6 is 0 Å². The normalized spacial score (nSPS) is 23.3. The molecule has 3 rings (SSSR count). The Balaban J connectivity index is 1.79. The van der Waals surface area contributed by atoms with Gasteiger partial charge >= 0.3 is 0 Å². The van der Waals surface area contributed by atoms with Crippen LogP contribution in [0.1, 0.15) is 36.8 Å². The van der Waals surface area contributed by atoms with Gasteiger partial charge in [0, 0.05) is 12.6 Å². The van der Waals surface area contributed by atoms with E-state index in [0.717, 1.165) is 45.2 Å². The van der Waals surface area contributed by atoms with Gasteiger partial charge in [0.05, 0.1) is 4.90 Å². The van der Waals surface area contributed by atoms with Crippen LogP contribution < -0.4 is 10.0 Å². The van der Waals surface area contributed by atoms with E-state index < -0.39 is 10.0 Å². The third-order valence-corrected chi connectivity index (χ3v) is 5.77. The summed E-state index contributed by atoms with van der Waals surface area (Å²) < 4.78 is 27.7. The fourth-order valence-corrected chi connectivity index (χ4v) is 4.44. The molecular weight excluding hydrogens is 272 g/mol. The fraction of sp³-hybridized carbons (Fsp3) is 0.600. The van der Waals surface area contributed by atoms with E-state index in [-0.39, 0.29) is 6.04 Å². The van der Waals surface area contributed by atoms with Crippen molar-refractivity contribution in [3.63, 3.8) is 0 Å². The predicted molar refractivity (Wildman–Crippen MR) is 79.3 cm³/mol. The smallest absolute Gasteiger partial charge is 0.240 e. The molecule has 0 aromatic heterocycles. The first-order valence-corrected chi connectivity index (χ1v) is 8.98. The van der Waals surface area contributed by atoms with Gasteiger partial charge < -0.3 is 5.32 Å². The molecule has 1 aromatic rings. The number of rotatable bonds is 3. The Morgan fingerprint density at radius 3 is 2.65 bits per heavy atom. The van der Waals surface area contributed by atoms with Crippen LogP contribution in [0, 0.1) is 0 Å². The summed E-state index contributed by atoms with van der Waals surface area (Å²) in [7, 11) is -3.38. The lowest BCUT2D eigenvalue weighted by atomic mass is 9.92. The number of aryl methyl sites for hydroxylation is 2. The van der Waals surface area contributed by atoms with Crippen LogP contribution in [-0.2, 0) is 22.9 Å². The molecule has 1 aliphatic heterocycles. The summed E-state index contributed by atoms with van der Waals surface area (Å²) in [5, 5.41) is 3.23. The molecule has 5 heteroatoms. The molecule has 0 amide bonds. The van der Waals surface area contributed by atoms with Gasteiger partial charge in [0.15, 0.2) is 0 Å². The van der Waals surface area contributed by atoms with Crippen molar-refractivity contribution in [2.75, 3.05) is 13.1 Å². The van der Waals surface area contributed by atoms with E-state index in [9.17, 15) is 8.42 Å². The van der Waals surface area contributed by atoms with E-state index in [4.69, 9.17) is 0 Å². The summed E-state index contributed by atoms with van der Waals surface area (Å²) in [6.07, 6.45) is 6.40. The summed E-state index contributed by atoms with van der Waals surface area (Å²) in [6.45, 7) is 1.71. The van der Waals surface area contributed by atoms with Crippen LogP contribution in [-0.4, -0.2) is 27.5 Å². The number of benzene rings is 1. The molecule has 0 saturated carbocycles. The Morgan fingerprint density at radius 1 is 1.10 bits per heavy atom. The number of sulfonamides is 1. The molecule has 0 unspecified atom stereocenters. The highest BCUT2D eigenvalue weighted by Crippen LogP contribution is 2.24. The van der Waals surface area contributed by atoms with Gasteiger partial charge in [-0.1, -0.05) is 6.07 Å². The molecule has 20 heavy (non-hydrogen) atoms. The van der Waals surface area contributed by atoms with Gasteiger partial charge in [-0.15, -0.1) is 0 Å². The highest BCUT2D eigenvalue weighted by molar-refractivity contribution is 7.89. The molecule has 1 saturated heterocycles. The number of nitrogens with one attached hydrogen (secondary N) is 2. The topological polar surface area (TPSA) is 58.2 Å². The molecular formula is C15H22N2O2S. The molecule has 2 aliphatic rings. The summed E-state index contributed by atoms with van der Waals surface area (Å²) in [5.41, 5.74) is 2.52. The average molecular weight is 294 g/mol. The van der Waals surface area contributed by atoms with E-state index >= 15 is 0 Å². The molecule has 0 spiro atoms. The molecule has 110 valence electrons. The zero-order valence-electron chi connectivity index (χ0n) is 11.7. The molecule has 1 atom stereocenters. The van der Waals surface area contributed by atoms with Crippen LogP contribution in [0.2, 0.25) is 0 Å². The molecule has 0 radical (unpaired) electrons. The summed E-state index contributed by atoms with van der Waals surface area (Å²) in [6, 6.07) is 5.63. The van der Waals surface area contributed by atoms with Crippen molar-refractivity contribution in [1.29, 1.82) is 0 Å². The van der Waals surface area contributed by atoms with Crippen molar-refractivity contribution in [3.8, 4) is 0 Å². The minimum atomic E-state index is -3.38. The second-order valence-corrected chi connectivity index (χ2v) is 7.52. The number of fused-ring (bicyclic) bond motifs is 1. The van der Waals surface area contributed by atoms with Gasteiger partial charge in [-0.3, -0.25) is 0 Å². The summed E-state index contributed by atoms with van der Waals surface area (Å²) in [4.78, 5) is 0.420. The standard InChI is InChI=1S/C15H22N2O2S/c18-20(19,17-14-6-3-9-16-11-14)15-8-7-12-4-1-2-5-13(12)10-15/h7-8,10,14,16-17H,1-6,9,11H2/t14-/m0/s1. The molecule has 1 heterocycles. The van der Waals surface area contributed by atoms with Gasteiger partial charge in [0.2, 0.25) is 10.0 Å². The quantitative estimate of drug-likeness (QED) is 0.890.